The second-order valence-electron chi connectivity index (χ2n) is 4.45. The smallest absolute Gasteiger partial charge is 0.350 e. The molecule has 2 heterocycles. The fourth-order valence-electron chi connectivity index (χ4n) is 1.97. The number of carbonyl (C=O) groups excluding carboxylic acids is 2. The van der Waals surface area contributed by atoms with Crippen molar-refractivity contribution < 1.29 is 19.4 Å². The van der Waals surface area contributed by atoms with Gasteiger partial charge >= 0.3 is 5.97 Å². The van der Waals surface area contributed by atoms with Crippen LogP contribution in [0.2, 0.25) is 0 Å². The SMILES string of the molecule is COC(=O)c1scc(C)c1NC(=O)C1CC(O)CN1. The monoisotopic (exact) mass is 284 g/mol. The fourth-order valence-corrected chi connectivity index (χ4v) is 2.89. The highest BCUT2D eigenvalue weighted by Crippen LogP contribution is 2.28. The summed E-state index contributed by atoms with van der Waals surface area (Å²) < 4.78 is 4.68. The van der Waals surface area contributed by atoms with Crippen LogP contribution in [0, 0.1) is 6.92 Å². The third-order valence-corrected chi connectivity index (χ3v) is 4.10. The number of amides is 1. The largest absolute Gasteiger partial charge is 0.465 e. The molecule has 19 heavy (non-hydrogen) atoms. The first kappa shape index (κ1) is 14.0. The molecule has 1 aliphatic rings. The normalized spacial score (nSPS) is 22.3. The van der Waals surface area contributed by atoms with Crippen molar-refractivity contribution >= 4 is 28.9 Å². The van der Waals surface area contributed by atoms with Crippen LogP contribution >= 0.6 is 11.3 Å². The minimum Gasteiger partial charge on any atom is -0.465 e. The molecule has 1 amide bonds. The van der Waals surface area contributed by atoms with Gasteiger partial charge < -0.3 is 20.5 Å². The first-order chi connectivity index (χ1) is 9.02. The zero-order valence-electron chi connectivity index (χ0n) is 10.7. The highest BCUT2D eigenvalue weighted by atomic mass is 32.1. The lowest BCUT2D eigenvalue weighted by molar-refractivity contribution is -0.117. The second-order valence-corrected chi connectivity index (χ2v) is 5.33. The number of aryl methyl sites for hydroxylation is 1. The third kappa shape index (κ3) is 2.94. The molecule has 7 heteroatoms. The summed E-state index contributed by atoms with van der Waals surface area (Å²) in [7, 11) is 1.30. The van der Waals surface area contributed by atoms with Crippen molar-refractivity contribution in [1.82, 2.24) is 5.32 Å². The van der Waals surface area contributed by atoms with E-state index >= 15 is 0 Å². The zero-order valence-corrected chi connectivity index (χ0v) is 11.5. The number of rotatable bonds is 3. The average Bonchev–Trinajstić information content (AvgIpc) is 2.96. The molecule has 1 fully saturated rings. The Labute approximate surface area is 114 Å². The fraction of sp³-hybridized carbons (Fsp3) is 0.500. The van der Waals surface area contributed by atoms with Crippen molar-refractivity contribution in [3.8, 4) is 0 Å². The quantitative estimate of drug-likeness (QED) is 0.704. The van der Waals surface area contributed by atoms with Gasteiger partial charge in [-0.25, -0.2) is 4.79 Å². The number of aliphatic hydroxyl groups is 1. The highest BCUT2D eigenvalue weighted by molar-refractivity contribution is 7.12. The van der Waals surface area contributed by atoms with Crippen molar-refractivity contribution in [2.45, 2.75) is 25.5 Å². The summed E-state index contributed by atoms with van der Waals surface area (Å²) >= 11 is 1.23. The van der Waals surface area contributed by atoms with Gasteiger partial charge in [-0.15, -0.1) is 11.3 Å². The van der Waals surface area contributed by atoms with E-state index in [4.69, 9.17) is 0 Å². The number of ether oxygens (including phenoxy) is 1. The van der Waals surface area contributed by atoms with Gasteiger partial charge in [0.25, 0.3) is 0 Å². The Balaban J connectivity index is 2.12. The van der Waals surface area contributed by atoms with Crippen molar-refractivity contribution in [2.75, 3.05) is 19.0 Å². The number of hydrogen-bond acceptors (Lipinski definition) is 6. The molecule has 1 saturated heterocycles. The molecule has 0 spiro atoms. The van der Waals surface area contributed by atoms with Crippen molar-refractivity contribution in [2.24, 2.45) is 0 Å². The Hall–Kier alpha value is -1.44. The van der Waals surface area contributed by atoms with Gasteiger partial charge in [-0.1, -0.05) is 0 Å². The van der Waals surface area contributed by atoms with E-state index in [1.54, 1.807) is 5.38 Å². The highest BCUT2D eigenvalue weighted by Gasteiger charge is 2.29. The standard InChI is InChI=1S/C12H16N2O4S/c1-6-5-19-10(12(17)18-2)9(6)14-11(16)8-3-7(15)4-13-8/h5,7-8,13,15H,3-4H2,1-2H3,(H,14,16). The molecule has 0 bridgehead atoms. The van der Waals surface area contributed by atoms with Crippen LogP contribution in [0.15, 0.2) is 5.38 Å². The predicted octanol–water partition coefficient (Wildman–Crippen LogP) is 0.504. The van der Waals surface area contributed by atoms with Crippen LogP contribution in [0.3, 0.4) is 0 Å². The molecule has 0 aliphatic carbocycles. The van der Waals surface area contributed by atoms with Crippen LogP contribution in [-0.4, -0.2) is 42.8 Å². The summed E-state index contributed by atoms with van der Waals surface area (Å²) in [5.74, 6) is -0.712. The average molecular weight is 284 g/mol. The first-order valence-corrected chi connectivity index (χ1v) is 6.79. The van der Waals surface area contributed by atoms with Crippen LogP contribution in [0.25, 0.3) is 0 Å². The Morgan fingerprint density at radius 3 is 2.89 bits per heavy atom. The van der Waals surface area contributed by atoms with Gasteiger partial charge in [0.15, 0.2) is 0 Å². The predicted molar refractivity (Wildman–Crippen MR) is 71.4 cm³/mol. The summed E-state index contributed by atoms with van der Waals surface area (Å²) in [5, 5.41) is 16.8. The maximum absolute atomic E-state index is 12.0. The van der Waals surface area contributed by atoms with Crippen molar-refractivity contribution in [3.05, 3.63) is 15.8 Å². The summed E-state index contributed by atoms with van der Waals surface area (Å²) in [6.07, 6.45) is -0.123. The minimum atomic E-state index is -0.501. The molecule has 0 radical (unpaired) electrons. The van der Waals surface area contributed by atoms with Gasteiger partial charge in [-0.3, -0.25) is 4.79 Å². The molecule has 2 atom stereocenters. The third-order valence-electron chi connectivity index (χ3n) is 3.02. The van der Waals surface area contributed by atoms with Crippen LogP contribution < -0.4 is 10.6 Å². The van der Waals surface area contributed by atoms with E-state index < -0.39 is 18.1 Å². The number of nitrogens with one attached hydrogen (secondary N) is 2. The Kier molecular flexibility index (Phi) is 4.18. The number of carbonyl (C=O) groups is 2. The molecule has 0 saturated carbocycles. The molecule has 1 aromatic heterocycles. The number of thiophene rings is 1. The maximum atomic E-state index is 12.0. The summed E-state index contributed by atoms with van der Waals surface area (Å²) in [4.78, 5) is 24.0. The molecule has 2 rings (SSSR count). The van der Waals surface area contributed by atoms with Crippen LogP contribution in [0.4, 0.5) is 5.69 Å². The van der Waals surface area contributed by atoms with E-state index in [1.165, 1.54) is 18.4 Å². The van der Waals surface area contributed by atoms with Crippen molar-refractivity contribution in [3.63, 3.8) is 0 Å². The molecule has 6 nitrogen and oxygen atoms in total. The molecule has 1 aromatic rings. The van der Waals surface area contributed by atoms with Gasteiger partial charge in [0.1, 0.15) is 4.88 Å². The maximum Gasteiger partial charge on any atom is 0.350 e. The summed E-state index contributed by atoms with van der Waals surface area (Å²) in [5.41, 5.74) is 1.31. The van der Waals surface area contributed by atoms with E-state index in [0.717, 1.165) is 5.56 Å². The van der Waals surface area contributed by atoms with Crippen LogP contribution in [-0.2, 0) is 9.53 Å². The van der Waals surface area contributed by atoms with Gasteiger partial charge in [0.2, 0.25) is 5.91 Å². The van der Waals surface area contributed by atoms with E-state index in [0.29, 0.717) is 23.5 Å². The minimum absolute atomic E-state index is 0.247. The lowest BCUT2D eigenvalue weighted by atomic mass is 10.2. The van der Waals surface area contributed by atoms with Crippen LogP contribution in [0.1, 0.15) is 21.7 Å². The molecule has 2 unspecified atom stereocenters. The van der Waals surface area contributed by atoms with Gasteiger partial charge in [0.05, 0.1) is 24.9 Å². The summed E-state index contributed by atoms with van der Waals surface area (Å²) in [6, 6.07) is -0.431. The van der Waals surface area contributed by atoms with Gasteiger partial charge in [0, 0.05) is 6.54 Å². The Morgan fingerprint density at radius 1 is 1.58 bits per heavy atom. The Morgan fingerprint density at radius 2 is 2.32 bits per heavy atom. The molecular formula is C12H16N2O4S. The van der Waals surface area contributed by atoms with E-state index in [9.17, 15) is 14.7 Å². The molecule has 1 aliphatic heterocycles. The first-order valence-electron chi connectivity index (χ1n) is 5.91. The molecule has 104 valence electrons. The Bertz CT molecular complexity index is 500. The lowest BCUT2D eigenvalue weighted by Crippen LogP contribution is -2.35. The van der Waals surface area contributed by atoms with E-state index in [-0.39, 0.29) is 5.91 Å². The van der Waals surface area contributed by atoms with E-state index in [2.05, 4.69) is 15.4 Å². The van der Waals surface area contributed by atoms with Crippen LogP contribution in [0.5, 0.6) is 0 Å². The molecular weight excluding hydrogens is 268 g/mol. The second kappa shape index (κ2) is 5.68. The molecule has 0 aromatic carbocycles. The van der Waals surface area contributed by atoms with Gasteiger partial charge in [-0.2, -0.15) is 0 Å². The van der Waals surface area contributed by atoms with Gasteiger partial charge in [-0.05, 0) is 24.3 Å². The number of hydrogen-bond donors (Lipinski definition) is 3. The summed E-state index contributed by atoms with van der Waals surface area (Å²) in [6.45, 7) is 2.22. The number of anilines is 1. The van der Waals surface area contributed by atoms with Crippen molar-refractivity contribution in [1.29, 1.82) is 0 Å². The molecule has 3 N–H and O–H groups in total. The number of aliphatic hydroxyl groups excluding tert-OH is 1. The topological polar surface area (TPSA) is 87.7 Å². The number of esters is 1. The lowest BCUT2D eigenvalue weighted by Gasteiger charge is -2.12. The van der Waals surface area contributed by atoms with E-state index in [1.807, 2.05) is 6.92 Å². The number of methoxy groups -OCH3 is 1. The zero-order chi connectivity index (χ0) is 14.0. The number of β-amino-alcohol motifs (C(OH)–C–C–N with tert-alkyl or cyclic N) is 1.